The number of rotatable bonds is 1. The van der Waals surface area contributed by atoms with Gasteiger partial charge in [0.25, 0.3) is 0 Å². The number of hydrogen-bond donors (Lipinski definition) is 0. The van der Waals surface area contributed by atoms with Crippen molar-refractivity contribution >= 4 is 17.5 Å². The molecule has 3 heteroatoms. The van der Waals surface area contributed by atoms with Crippen molar-refractivity contribution in [2.45, 2.75) is 49.5 Å². The van der Waals surface area contributed by atoms with Gasteiger partial charge in [-0.2, -0.15) is 11.8 Å². The van der Waals surface area contributed by atoms with Crippen molar-refractivity contribution in [2.75, 3.05) is 7.11 Å². The summed E-state index contributed by atoms with van der Waals surface area (Å²) in [5.41, 5.74) is 1.32. The lowest BCUT2D eigenvalue weighted by atomic mass is 9.83. The van der Waals surface area contributed by atoms with Crippen molar-refractivity contribution in [1.29, 1.82) is 0 Å². The van der Waals surface area contributed by atoms with Crippen LogP contribution in [0.1, 0.15) is 39.0 Å². The summed E-state index contributed by atoms with van der Waals surface area (Å²) in [5, 5.41) is 5.77. The molecule has 1 saturated heterocycles. The second-order valence-electron chi connectivity index (χ2n) is 4.35. The fourth-order valence-corrected chi connectivity index (χ4v) is 4.30. The van der Waals surface area contributed by atoms with E-state index < -0.39 is 0 Å². The van der Waals surface area contributed by atoms with E-state index in [2.05, 4.69) is 23.8 Å². The first-order valence-electron chi connectivity index (χ1n) is 5.56. The molecule has 0 aromatic rings. The summed E-state index contributed by atoms with van der Waals surface area (Å²) in [6.07, 6.45) is 6.61. The number of oxime groups is 1. The van der Waals surface area contributed by atoms with Crippen molar-refractivity contribution < 1.29 is 4.84 Å². The average molecular weight is 213 g/mol. The highest BCUT2D eigenvalue weighted by Crippen LogP contribution is 2.42. The first-order chi connectivity index (χ1) is 6.81. The Labute approximate surface area is 90.5 Å². The molecule has 2 rings (SSSR count). The van der Waals surface area contributed by atoms with Crippen LogP contribution in [-0.2, 0) is 4.84 Å². The molecule has 14 heavy (non-hydrogen) atoms. The molecule has 3 unspecified atom stereocenters. The average Bonchev–Trinajstić information content (AvgIpc) is 2.18. The van der Waals surface area contributed by atoms with Crippen LogP contribution < -0.4 is 0 Å². The molecule has 0 bridgehead atoms. The molecule has 2 aliphatic rings. The normalized spacial score (nSPS) is 40.7. The zero-order valence-electron chi connectivity index (χ0n) is 9.03. The maximum Gasteiger partial charge on any atom is 0.106 e. The summed E-state index contributed by atoms with van der Waals surface area (Å²) in [5.74, 6) is 0.713. The first-order valence-corrected chi connectivity index (χ1v) is 6.51. The second kappa shape index (κ2) is 4.56. The summed E-state index contributed by atoms with van der Waals surface area (Å²) < 4.78 is 0. The topological polar surface area (TPSA) is 21.6 Å². The molecular weight excluding hydrogens is 194 g/mol. The Morgan fingerprint density at radius 1 is 1.36 bits per heavy atom. The van der Waals surface area contributed by atoms with E-state index in [1.165, 1.54) is 31.4 Å². The lowest BCUT2D eigenvalue weighted by molar-refractivity contribution is 0.208. The highest BCUT2D eigenvalue weighted by Gasteiger charge is 2.35. The van der Waals surface area contributed by atoms with Crippen LogP contribution in [0.15, 0.2) is 5.16 Å². The minimum absolute atomic E-state index is 0.713. The highest BCUT2D eigenvalue weighted by atomic mass is 32.2. The molecule has 1 aliphatic heterocycles. The molecule has 1 saturated carbocycles. The van der Waals surface area contributed by atoms with E-state index >= 15 is 0 Å². The molecule has 1 heterocycles. The van der Waals surface area contributed by atoms with Gasteiger partial charge in [-0.1, -0.05) is 24.9 Å². The zero-order valence-corrected chi connectivity index (χ0v) is 9.85. The van der Waals surface area contributed by atoms with Crippen LogP contribution in [0.2, 0.25) is 0 Å². The Balaban J connectivity index is 2.11. The van der Waals surface area contributed by atoms with E-state index in [0.717, 1.165) is 16.9 Å². The van der Waals surface area contributed by atoms with Crippen molar-refractivity contribution in [2.24, 2.45) is 11.1 Å². The van der Waals surface area contributed by atoms with Crippen LogP contribution >= 0.6 is 11.8 Å². The molecule has 2 nitrogen and oxygen atoms in total. The smallest absolute Gasteiger partial charge is 0.106 e. The van der Waals surface area contributed by atoms with Gasteiger partial charge in [0.05, 0.1) is 5.71 Å². The van der Waals surface area contributed by atoms with Gasteiger partial charge in [-0.25, -0.2) is 0 Å². The Hall–Kier alpha value is -0.180. The minimum Gasteiger partial charge on any atom is -0.399 e. The molecule has 3 atom stereocenters. The summed E-state index contributed by atoms with van der Waals surface area (Å²) in [7, 11) is 1.66. The Morgan fingerprint density at radius 3 is 2.93 bits per heavy atom. The molecule has 2 fully saturated rings. The molecule has 0 aromatic carbocycles. The number of fused-ring (bicyclic) bond motifs is 1. The summed E-state index contributed by atoms with van der Waals surface area (Å²) in [4.78, 5) is 4.96. The fraction of sp³-hybridized carbons (Fsp3) is 0.909. The van der Waals surface area contributed by atoms with E-state index in [4.69, 9.17) is 4.84 Å². The molecule has 0 N–H and O–H groups in total. The SMILES string of the molecule is CO/N=C1/CC(C)SC2CCCCC12. The molecule has 0 amide bonds. The standard InChI is InChI=1S/C11H19NOS/c1-8-7-10(12-13-2)9-5-3-4-6-11(9)14-8/h8-9,11H,3-7H2,1-2H3/b12-10-. The number of hydrogen-bond acceptors (Lipinski definition) is 3. The van der Waals surface area contributed by atoms with Gasteiger partial charge in [-0.15, -0.1) is 0 Å². The molecule has 0 spiro atoms. The fourth-order valence-electron chi connectivity index (χ4n) is 2.66. The largest absolute Gasteiger partial charge is 0.399 e. The van der Waals surface area contributed by atoms with Crippen molar-refractivity contribution in [3.8, 4) is 0 Å². The van der Waals surface area contributed by atoms with Gasteiger partial charge in [-0.05, 0) is 12.8 Å². The first kappa shape index (κ1) is 10.3. The van der Waals surface area contributed by atoms with Crippen molar-refractivity contribution in [1.82, 2.24) is 0 Å². The quantitative estimate of drug-likeness (QED) is 0.624. The number of nitrogens with zero attached hydrogens (tertiary/aromatic N) is 1. The van der Waals surface area contributed by atoms with Crippen LogP contribution in [0.5, 0.6) is 0 Å². The maximum absolute atomic E-state index is 4.96. The van der Waals surface area contributed by atoms with Gasteiger partial charge >= 0.3 is 0 Å². The monoisotopic (exact) mass is 213 g/mol. The van der Waals surface area contributed by atoms with Gasteiger partial charge in [0.1, 0.15) is 7.11 Å². The predicted octanol–water partition coefficient (Wildman–Crippen LogP) is 3.07. The Morgan fingerprint density at radius 2 is 2.14 bits per heavy atom. The lowest BCUT2D eigenvalue weighted by Gasteiger charge is -2.38. The van der Waals surface area contributed by atoms with Gasteiger partial charge < -0.3 is 4.84 Å². The van der Waals surface area contributed by atoms with Gasteiger partial charge in [-0.3, -0.25) is 0 Å². The third-order valence-corrected chi connectivity index (χ3v) is 4.79. The van der Waals surface area contributed by atoms with Crippen LogP contribution in [0.4, 0.5) is 0 Å². The second-order valence-corrected chi connectivity index (χ2v) is 6.03. The zero-order chi connectivity index (χ0) is 9.97. The Kier molecular flexibility index (Phi) is 3.37. The van der Waals surface area contributed by atoms with Gasteiger partial charge in [0.2, 0.25) is 0 Å². The van der Waals surface area contributed by atoms with E-state index in [9.17, 15) is 0 Å². The van der Waals surface area contributed by atoms with Crippen LogP contribution in [-0.4, -0.2) is 23.3 Å². The van der Waals surface area contributed by atoms with Crippen LogP contribution in [0, 0.1) is 5.92 Å². The summed E-state index contributed by atoms with van der Waals surface area (Å²) in [6, 6.07) is 0. The van der Waals surface area contributed by atoms with E-state index in [0.29, 0.717) is 5.92 Å². The molecular formula is C11H19NOS. The van der Waals surface area contributed by atoms with E-state index in [1.807, 2.05) is 0 Å². The van der Waals surface area contributed by atoms with Crippen molar-refractivity contribution in [3.05, 3.63) is 0 Å². The highest BCUT2D eigenvalue weighted by molar-refractivity contribution is 8.00. The van der Waals surface area contributed by atoms with Crippen LogP contribution in [0.25, 0.3) is 0 Å². The van der Waals surface area contributed by atoms with E-state index in [1.54, 1.807) is 7.11 Å². The summed E-state index contributed by atoms with van der Waals surface area (Å²) in [6.45, 7) is 2.31. The van der Waals surface area contributed by atoms with Gasteiger partial charge in [0.15, 0.2) is 0 Å². The third-order valence-electron chi connectivity index (χ3n) is 3.24. The molecule has 0 radical (unpaired) electrons. The minimum atomic E-state index is 0.713. The molecule has 0 aromatic heterocycles. The van der Waals surface area contributed by atoms with Crippen molar-refractivity contribution in [3.63, 3.8) is 0 Å². The predicted molar refractivity (Wildman–Crippen MR) is 61.9 cm³/mol. The van der Waals surface area contributed by atoms with E-state index in [-0.39, 0.29) is 0 Å². The number of thioether (sulfide) groups is 1. The molecule has 1 aliphatic carbocycles. The summed E-state index contributed by atoms with van der Waals surface area (Å²) >= 11 is 2.16. The Bertz CT molecular complexity index is 229. The maximum atomic E-state index is 4.96. The van der Waals surface area contributed by atoms with Gasteiger partial charge in [0, 0.05) is 22.8 Å². The van der Waals surface area contributed by atoms with Crippen LogP contribution in [0.3, 0.4) is 0 Å². The lowest BCUT2D eigenvalue weighted by Crippen LogP contribution is -2.36. The third kappa shape index (κ3) is 2.08. The molecule has 80 valence electrons.